The van der Waals surface area contributed by atoms with Crippen LogP contribution in [0.15, 0.2) is 23.1 Å². The number of hydrogen-bond acceptors (Lipinski definition) is 4. The largest absolute Gasteiger partial charge is 0.302 e. The van der Waals surface area contributed by atoms with Crippen LogP contribution in [0.4, 0.5) is 3.89 Å². The molecular formula is C11H15ClFNO4S2. The van der Waals surface area contributed by atoms with Gasteiger partial charge in [-0.15, -0.1) is 3.89 Å². The van der Waals surface area contributed by atoms with Crippen molar-refractivity contribution in [3.63, 3.8) is 0 Å². The van der Waals surface area contributed by atoms with Crippen LogP contribution in [0.3, 0.4) is 0 Å². The van der Waals surface area contributed by atoms with Crippen molar-refractivity contribution < 1.29 is 20.7 Å². The monoisotopic (exact) mass is 343 g/mol. The fourth-order valence-electron chi connectivity index (χ4n) is 1.55. The minimum atomic E-state index is -4.51. The molecule has 0 N–H and O–H groups in total. The Morgan fingerprint density at radius 3 is 2.30 bits per heavy atom. The van der Waals surface area contributed by atoms with E-state index >= 15 is 0 Å². The Bertz CT molecular complexity index is 686. The van der Waals surface area contributed by atoms with E-state index in [2.05, 4.69) is 0 Å². The molecule has 0 spiro atoms. The first kappa shape index (κ1) is 17.4. The highest BCUT2D eigenvalue weighted by molar-refractivity contribution is 7.89. The van der Waals surface area contributed by atoms with Gasteiger partial charge in [-0.05, 0) is 30.5 Å². The predicted octanol–water partition coefficient (Wildman–Crippen LogP) is 1.82. The van der Waals surface area contributed by atoms with E-state index in [9.17, 15) is 20.7 Å². The topological polar surface area (TPSA) is 71.5 Å². The summed E-state index contributed by atoms with van der Waals surface area (Å²) in [5.74, 6) is -0.592. The van der Waals surface area contributed by atoms with Crippen LogP contribution in [0, 0.1) is 0 Å². The zero-order valence-corrected chi connectivity index (χ0v) is 13.4. The summed E-state index contributed by atoms with van der Waals surface area (Å²) >= 11 is 5.87. The van der Waals surface area contributed by atoms with E-state index < -0.39 is 26.0 Å². The molecule has 0 saturated carbocycles. The molecule has 1 rings (SSSR count). The lowest BCUT2D eigenvalue weighted by Gasteiger charge is -2.13. The van der Waals surface area contributed by atoms with Gasteiger partial charge in [0.2, 0.25) is 10.0 Å². The van der Waals surface area contributed by atoms with Crippen molar-refractivity contribution >= 4 is 31.8 Å². The molecule has 20 heavy (non-hydrogen) atoms. The van der Waals surface area contributed by atoms with Crippen molar-refractivity contribution in [3.8, 4) is 0 Å². The molecule has 0 amide bonds. The Hall–Kier alpha value is -0.700. The summed E-state index contributed by atoms with van der Waals surface area (Å²) in [6.07, 6.45) is 0.318. The summed E-state index contributed by atoms with van der Waals surface area (Å²) < 4.78 is 58.3. The van der Waals surface area contributed by atoms with Crippen molar-refractivity contribution in [1.29, 1.82) is 0 Å². The van der Waals surface area contributed by atoms with E-state index in [1.807, 2.05) is 0 Å². The third-order valence-electron chi connectivity index (χ3n) is 2.61. The van der Waals surface area contributed by atoms with Gasteiger partial charge >= 0.3 is 10.2 Å². The van der Waals surface area contributed by atoms with Gasteiger partial charge < -0.3 is 0 Å². The third kappa shape index (κ3) is 4.69. The smallest absolute Gasteiger partial charge is 0.207 e. The summed E-state index contributed by atoms with van der Waals surface area (Å²) in [6, 6.07) is 4.39. The van der Waals surface area contributed by atoms with Crippen LogP contribution in [-0.2, 0) is 26.7 Å². The maximum Gasteiger partial charge on any atom is 0.302 e. The van der Waals surface area contributed by atoms with Crippen LogP contribution in [0.5, 0.6) is 0 Å². The van der Waals surface area contributed by atoms with Gasteiger partial charge in [0.25, 0.3) is 0 Å². The van der Waals surface area contributed by atoms with E-state index in [4.69, 9.17) is 11.6 Å². The fourth-order valence-corrected chi connectivity index (χ4v) is 3.45. The SMILES string of the molecule is CN(C)S(=O)(=O)c1cc(CCCS(=O)(=O)F)ccc1Cl. The Kier molecular flexibility index (Phi) is 5.54. The summed E-state index contributed by atoms with van der Waals surface area (Å²) in [5.41, 5.74) is 0.582. The minimum absolute atomic E-state index is 0.0511. The normalized spacial score (nSPS) is 12.8. The average Bonchev–Trinajstić information content (AvgIpc) is 2.29. The van der Waals surface area contributed by atoms with Crippen molar-refractivity contribution in [2.75, 3.05) is 19.8 Å². The van der Waals surface area contributed by atoms with Crippen LogP contribution < -0.4 is 0 Å². The Labute approximate surface area is 123 Å². The molecule has 0 aliphatic carbocycles. The molecule has 0 unspecified atom stereocenters. The lowest BCUT2D eigenvalue weighted by molar-refractivity contribution is 0.520. The molecular weight excluding hydrogens is 329 g/mol. The molecule has 1 aromatic rings. The third-order valence-corrected chi connectivity index (χ3v) is 5.68. The quantitative estimate of drug-likeness (QED) is 0.739. The summed E-state index contributed by atoms with van der Waals surface area (Å²) in [6.45, 7) is 0. The molecule has 0 saturated heterocycles. The number of halogens is 2. The van der Waals surface area contributed by atoms with Crippen LogP contribution in [0.25, 0.3) is 0 Å². The molecule has 9 heteroatoms. The number of rotatable bonds is 6. The second-order valence-corrected chi connectivity index (χ2v) is 8.41. The molecule has 0 aliphatic heterocycles. The minimum Gasteiger partial charge on any atom is -0.207 e. The Balaban J connectivity index is 2.98. The molecule has 0 aromatic heterocycles. The van der Waals surface area contributed by atoms with Crippen LogP contribution in [-0.4, -0.2) is 41.0 Å². The van der Waals surface area contributed by atoms with Gasteiger partial charge in [-0.1, -0.05) is 17.7 Å². The van der Waals surface area contributed by atoms with Gasteiger partial charge in [-0.25, -0.2) is 12.7 Å². The highest BCUT2D eigenvalue weighted by Gasteiger charge is 2.21. The van der Waals surface area contributed by atoms with Crippen molar-refractivity contribution in [3.05, 3.63) is 28.8 Å². The summed E-state index contributed by atoms with van der Waals surface area (Å²) in [7, 11) is -5.42. The lowest BCUT2D eigenvalue weighted by Crippen LogP contribution is -2.22. The molecule has 0 fully saturated rings. The molecule has 114 valence electrons. The zero-order chi connectivity index (χ0) is 15.6. The van der Waals surface area contributed by atoms with Gasteiger partial charge in [0.15, 0.2) is 0 Å². The van der Waals surface area contributed by atoms with Gasteiger partial charge in [0.05, 0.1) is 10.8 Å². The Morgan fingerprint density at radius 1 is 1.20 bits per heavy atom. The molecule has 5 nitrogen and oxygen atoms in total. The van der Waals surface area contributed by atoms with Crippen LogP contribution in [0.1, 0.15) is 12.0 Å². The van der Waals surface area contributed by atoms with Gasteiger partial charge in [0, 0.05) is 14.1 Å². The highest BCUT2D eigenvalue weighted by Crippen LogP contribution is 2.25. The zero-order valence-electron chi connectivity index (χ0n) is 11.0. The molecule has 0 heterocycles. The number of benzene rings is 1. The van der Waals surface area contributed by atoms with E-state index in [0.717, 1.165) is 4.31 Å². The van der Waals surface area contributed by atoms with Crippen molar-refractivity contribution in [1.82, 2.24) is 4.31 Å². The van der Waals surface area contributed by atoms with Gasteiger partial charge in [0.1, 0.15) is 4.90 Å². The summed E-state index contributed by atoms with van der Waals surface area (Å²) in [5, 5.41) is 0.0839. The number of sulfonamides is 1. The first-order valence-electron chi connectivity index (χ1n) is 5.67. The molecule has 0 atom stereocenters. The van der Waals surface area contributed by atoms with E-state index in [1.54, 1.807) is 6.07 Å². The number of aryl methyl sites for hydroxylation is 1. The maximum absolute atomic E-state index is 12.4. The Morgan fingerprint density at radius 2 is 1.80 bits per heavy atom. The standard InChI is InChI=1S/C11H15ClFNO4S2/c1-14(2)20(17,18)11-8-9(5-6-10(11)12)4-3-7-19(13,15)16/h5-6,8H,3-4,7H2,1-2H3. The van der Waals surface area contributed by atoms with Gasteiger partial charge in [-0.2, -0.15) is 8.42 Å². The second-order valence-electron chi connectivity index (χ2n) is 4.40. The van der Waals surface area contributed by atoms with E-state index in [-0.39, 0.29) is 22.8 Å². The average molecular weight is 344 g/mol. The molecule has 1 aromatic carbocycles. The first-order valence-corrected chi connectivity index (χ1v) is 9.04. The predicted molar refractivity (Wildman–Crippen MR) is 75.5 cm³/mol. The van der Waals surface area contributed by atoms with Crippen LogP contribution in [0.2, 0.25) is 5.02 Å². The van der Waals surface area contributed by atoms with Crippen molar-refractivity contribution in [2.24, 2.45) is 0 Å². The lowest BCUT2D eigenvalue weighted by atomic mass is 10.1. The number of nitrogens with zero attached hydrogens (tertiary/aromatic N) is 1. The van der Waals surface area contributed by atoms with Gasteiger partial charge in [-0.3, -0.25) is 0 Å². The van der Waals surface area contributed by atoms with E-state index in [1.165, 1.54) is 26.2 Å². The first-order chi connectivity index (χ1) is 9.04. The van der Waals surface area contributed by atoms with Crippen molar-refractivity contribution in [2.45, 2.75) is 17.7 Å². The fraction of sp³-hybridized carbons (Fsp3) is 0.455. The molecule has 0 bridgehead atoms. The van der Waals surface area contributed by atoms with E-state index in [0.29, 0.717) is 5.56 Å². The highest BCUT2D eigenvalue weighted by atomic mass is 35.5. The molecule has 0 aliphatic rings. The molecule has 0 radical (unpaired) electrons. The van der Waals surface area contributed by atoms with Crippen LogP contribution >= 0.6 is 11.6 Å². The second kappa shape index (κ2) is 6.38. The number of hydrogen-bond donors (Lipinski definition) is 0. The summed E-state index contributed by atoms with van der Waals surface area (Å²) in [4.78, 5) is -0.0511. The maximum atomic E-state index is 12.4.